The predicted molar refractivity (Wildman–Crippen MR) is 95.1 cm³/mol. The van der Waals surface area contributed by atoms with Crippen LogP contribution in [0, 0.1) is 0 Å². The van der Waals surface area contributed by atoms with Crippen molar-refractivity contribution >= 4 is 18.3 Å². The highest BCUT2D eigenvalue weighted by atomic mass is 16.5. The Hall–Kier alpha value is -3.21. The quantitative estimate of drug-likeness (QED) is 0.808. The maximum atomic E-state index is 11.2. The monoisotopic (exact) mass is 309 g/mol. The summed E-state index contributed by atoms with van der Waals surface area (Å²) in [6, 6.07) is 0. The second-order valence-electron chi connectivity index (χ2n) is 4.07. The minimum atomic E-state index is -0.625. The van der Waals surface area contributed by atoms with Gasteiger partial charge in [0.25, 0.3) is 5.91 Å². The number of carbonyl (C=O) groups is 1. The largest absolute Gasteiger partial charge is 0.497 e. The van der Waals surface area contributed by atoms with E-state index in [9.17, 15) is 4.79 Å². The molecule has 5 nitrogen and oxygen atoms in total. The molecule has 1 amide bonds. The average Bonchev–Trinajstić information content (AvgIpc) is 2.53. The lowest BCUT2D eigenvalue weighted by Crippen LogP contribution is -2.13. The van der Waals surface area contributed by atoms with Crippen LogP contribution in [0.1, 0.15) is 0 Å². The van der Waals surface area contributed by atoms with Crippen molar-refractivity contribution in [3.63, 3.8) is 0 Å². The zero-order chi connectivity index (χ0) is 16.6. The first-order valence-electron chi connectivity index (χ1n) is 6.96. The fourth-order valence-electron chi connectivity index (χ4n) is 1.31. The van der Waals surface area contributed by atoms with Crippen molar-refractivity contribution in [1.82, 2.24) is 0 Å². The van der Waals surface area contributed by atoms with E-state index in [2.05, 4.69) is 9.98 Å². The van der Waals surface area contributed by atoms with Gasteiger partial charge in [0, 0.05) is 18.6 Å². The van der Waals surface area contributed by atoms with Crippen LogP contribution in [-0.2, 0) is 9.53 Å². The summed E-state index contributed by atoms with van der Waals surface area (Å²) in [6.07, 6.45) is 26.1. The van der Waals surface area contributed by atoms with E-state index in [1.807, 2.05) is 48.6 Å². The van der Waals surface area contributed by atoms with Gasteiger partial charge in [-0.25, -0.2) is 4.99 Å². The van der Waals surface area contributed by atoms with Crippen molar-refractivity contribution in [2.75, 3.05) is 6.61 Å². The minimum absolute atomic E-state index is 0.117. The Balaban J connectivity index is 2.81. The highest BCUT2D eigenvalue weighted by molar-refractivity contribution is 6.17. The molecular formula is C18H19N3O2. The summed E-state index contributed by atoms with van der Waals surface area (Å²) in [5.74, 6) is -0.625. The van der Waals surface area contributed by atoms with Crippen LogP contribution in [0.5, 0.6) is 0 Å². The Morgan fingerprint density at radius 2 is 1.52 bits per heavy atom. The van der Waals surface area contributed by atoms with Gasteiger partial charge in [-0.05, 0) is 18.2 Å². The SMILES string of the molecule is NC(=O)C1=CCOC=CC=CC=CC=CC=CC=CN=CC=N1. The number of aliphatic imine (C=N–C) groups is 2. The Labute approximate surface area is 136 Å². The van der Waals surface area contributed by atoms with Gasteiger partial charge >= 0.3 is 0 Å². The van der Waals surface area contributed by atoms with Gasteiger partial charge in [-0.15, -0.1) is 0 Å². The van der Waals surface area contributed by atoms with E-state index in [1.54, 1.807) is 18.4 Å². The summed E-state index contributed by atoms with van der Waals surface area (Å²) in [6.45, 7) is 0.195. The molecule has 1 rings (SSSR count). The molecule has 2 N–H and O–H groups in total. The molecule has 0 radical (unpaired) electrons. The van der Waals surface area contributed by atoms with E-state index in [1.165, 1.54) is 24.8 Å². The number of nitrogens with two attached hydrogens (primary N) is 1. The summed E-state index contributed by atoms with van der Waals surface area (Å²) in [5, 5.41) is 0. The number of primary amides is 1. The number of nitrogens with zero attached hydrogens (tertiary/aromatic N) is 2. The molecule has 0 unspecified atom stereocenters. The first-order chi connectivity index (χ1) is 11.3. The second-order valence-corrected chi connectivity index (χ2v) is 4.07. The summed E-state index contributed by atoms with van der Waals surface area (Å²) in [4.78, 5) is 19.1. The van der Waals surface area contributed by atoms with Gasteiger partial charge in [-0.1, -0.05) is 48.6 Å². The molecule has 1 aliphatic heterocycles. The van der Waals surface area contributed by atoms with Crippen molar-refractivity contribution in [3.8, 4) is 0 Å². The fraction of sp³-hybridized carbons (Fsp3) is 0.0556. The van der Waals surface area contributed by atoms with Crippen molar-refractivity contribution in [1.29, 1.82) is 0 Å². The molecule has 0 saturated heterocycles. The predicted octanol–water partition coefficient (Wildman–Crippen LogP) is 2.78. The summed E-state index contributed by atoms with van der Waals surface area (Å²) < 4.78 is 5.21. The van der Waals surface area contributed by atoms with E-state index >= 15 is 0 Å². The molecular weight excluding hydrogens is 290 g/mol. The van der Waals surface area contributed by atoms with Gasteiger partial charge in [-0.3, -0.25) is 9.79 Å². The first kappa shape index (κ1) is 17.8. The zero-order valence-electron chi connectivity index (χ0n) is 12.7. The molecule has 0 aromatic rings. The fourth-order valence-corrected chi connectivity index (χ4v) is 1.31. The van der Waals surface area contributed by atoms with Crippen molar-refractivity contribution < 1.29 is 9.53 Å². The molecule has 0 aromatic heterocycles. The number of carbonyl (C=O) groups excluding carboxylic acids is 1. The van der Waals surface area contributed by atoms with Crippen molar-refractivity contribution in [2.24, 2.45) is 15.7 Å². The van der Waals surface area contributed by atoms with Gasteiger partial charge in [0.05, 0.1) is 6.26 Å². The number of amides is 1. The number of ether oxygens (including phenoxy) is 1. The van der Waals surface area contributed by atoms with E-state index in [0.29, 0.717) is 0 Å². The zero-order valence-corrected chi connectivity index (χ0v) is 12.7. The van der Waals surface area contributed by atoms with Crippen LogP contribution in [0.25, 0.3) is 0 Å². The van der Waals surface area contributed by atoms with E-state index in [4.69, 9.17) is 10.5 Å². The first-order valence-corrected chi connectivity index (χ1v) is 6.96. The van der Waals surface area contributed by atoms with Crippen LogP contribution in [0.3, 0.4) is 0 Å². The highest BCUT2D eigenvalue weighted by Gasteiger charge is 2.00. The van der Waals surface area contributed by atoms with Crippen molar-refractivity contribution in [2.45, 2.75) is 0 Å². The number of hydrogen-bond donors (Lipinski definition) is 1. The van der Waals surface area contributed by atoms with Crippen molar-refractivity contribution in [3.05, 3.63) is 85.0 Å². The standard InChI is InChI=1S/C18H19N3O2/c19-18(22)17-11-16-23-15-10-8-6-4-2-1-3-5-7-9-12-20-13-14-21-17/h1-15H,16H2,(H2,19,22). The Bertz CT molecular complexity index is 631. The van der Waals surface area contributed by atoms with Crippen LogP contribution < -0.4 is 5.73 Å². The summed E-state index contributed by atoms with van der Waals surface area (Å²) >= 11 is 0. The maximum Gasteiger partial charge on any atom is 0.267 e. The van der Waals surface area contributed by atoms with E-state index in [0.717, 1.165) is 0 Å². The minimum Gasteiger partial charge on any atom is -0.497 e. The van der Waals surface area contributed by atoms with Crippen LogP contribution in [0.4, 0.5) is 0 Å². The third-order valence-corrected chi connectivity index (χ3v) is 2.34. The lowest BCUT2D eigenvalue weighted by Gasteiger charge is -1.96. The number of allylic oxidation sites excluding steroid dienone is 10. The molecule has 0 spiro atoms. The molecule has 118 valence electrons. The van der Waals surface area contributed by atoms with E-state index in [-0.39, 0.29) is 12.3 Å². The molecule has 1 heterocycles. The van der Waals surface area contributed by atoms with Crippen LogP contribution in [0.2, 0.25) is 0 Å². The third kappa shape index (κ3) is 10.2. The number of hydrogen-bond acceptors (Lipinski definition) is 4. The van der Waals surface area contributed by atoms with Gasteiger partial charge in [0.1, 0.15) is 12.3 Å². The Kier molecular flexibility index (Phi) is 9.72. The summed E-state index contributed by atoms with van der Waals surface area (Å²) in [5.41, 5.74) is 5.35. The average molecular weight is 309 g/mol. The second kappa shape index (κ2) is 12.5. The third-order valence-electron chi connectivity index (χ3n) is 2.34. The molecule has 23 heavy (non-hydrogen) atoms. The molecule has 0 saturated carbocycles. The van der Waals surface area contributed by atoms with Crippen LogP contribution in [-0.4, -0.2) is 24.9 Å². The molecule has 1 aliphatic rings. The molecule has 0 aliphatic carbocycles. The smallest absolute Gasteiger partial charge is 0.267 e. The van der Waals surface area contributed by atoms with Crippen LogP contribution >= 0.6 is 0 Å². The molecule has 0 bridgehead atoms. The maximum absolute atomic E-state index is 11.2. The van der Waals surface area contributed by atoms with Gasteiger partial charge < -0.3 is 10.5 Å². The Morgan fingerprint density at radius 3 is 2.17 bits per heavy atom. The number of rotatable bonds is 1. The van der Waals surface area contributed by atoms with E-state index < -0.39 is 5.91 Å². The van der Waals surface area contributed by atoms with Crippen LogP contribution in [0.15, 0.2) is 95.0 Å². The van der Waals surface area contributed by atoms with Gasteiger partial charge in [0.15, 0.2) is 0 Å². The summed E-state index contributed by atoms with van der Waals surface area (Å²) in [7, 11) is 0. The normalized spacial score (nSPS) is 16.1. The topological polar surface area (TPSA) is 77.0 Å². The molecule has 5 heteroatoms. The van der Waals surface area contributed by atoms with Gasteiger partial charge in [-0.2, -0.15) is 0 Å². The molecule has 0 fully saturated rings. The molecule has 0 atom stereocenters. The lowest BCUT2D eigenvalue weighted by molar-refractivity contribution is -0.114. The van der Waals surface area contributed by atoms with Gasteiger partial charge in [0.2, 0.25) is 0 Å². The lowest BCUT2D eigenvalue weighted by atomic mass is 10.3. The highest BCUT2D eigenvalue weighted by Crippen LogP contribution is 1.95. The molecule has 0 aromatic carbocycles. The Morgan fingerprint density at radius 1 is 0.913 bits per heavy atom.